The lowest BCUT2D eigenvalue weighted by Gasteiger charge is -2.01. The van der Waals surface area contributed by atoms with Gasteiger partial charge in [0.2, 0.25) is 0 Å². The monoisotopic (exact) mass is 206 g/mol. The number of ketones is 1. The highest BCUT2D eigenvalue weighted by Crippen LogP contribution is 2.07. The summed E-state index contributed by atoms with van der Waals surface area (Å²) in [5.41, 5.74) is 0.823. The molecule has 2 nitrogen and oxygen atoms in total. The smallest absolute Gasteiger partial charge is 0.162 e. The molecule has 0 amide bonds. The van der Waals surface area contributed by atoms with E-state index in [9.17, 15) is 4.79 Å². The Kier molecular flexibility index (Phi) is 5.71. The zero-order chi connectivity index (χ0) is 10.9. The van der Waals surface area contributed by atoms with E-state index in [0.717, 1.165) is 31.4 Å². The lowest BCUT2D eigenvalue weighted by molar-refractivity contribution is 0.0977. The molecule has 0 aromatic heterocycles. The Morgan fingerprint density at radius 1 is 1.13 bits per heavy atom. The summed E-state index contributed by atoms with van der Waals surface area (Å²) in [5.74, 6) is 0.244. The van der Waals surface area contributed by atoms with E-state index in [-0.39, 0.29) is 5.78 Å². The van der Waals surface area contributed by atoms with Crippen LogP contribution in [0.15, 0.2) is 30.3 Å². The number of unbranched alkanes of at least 4 members (excludes halogenated alkanes) is 2. The van der Waals surface area contributed by atoms with Gasteiger partial charge in [0, 0.05) is 25.7 Å². The molecule has 0 unspecified atom stereocenters. The van der Waals surface area contributed by atoms with Crippen LogP contribution in [0.2, 0.25) is 0 Å². The number of methoxy groups -OCH3 is 1. The predicted octanol–water partition coefficient (Wildman–Crippen LogP) is 3.08. The topological polar surface area (TPSA) is 26.3 Å². The summed E-state index contributed by atoms with van der Waals surface area (Å²) in [5, 5.41) is 0. The Morgan fingerprint density at radius 2 is 1.87 bits per heavy atom. The van der Waals surface area contributed by atoms with Crippen molar-refractivity contribution < 1.29 is 9.53 Å². The van der Waals surface area contributed by atoms with Crippen LogP contribution in [0, 0.1) is 0 Å². The highest BCUT2D eigenvalue weighted by molar-refractivity contribution is 5.95. The van der Waals surface area contributed by atoms with Crippen LogP contribution in [0.1, 0.15) is 36.0 Å². The van der Waals surface area contributed by atoms with Gasteiger partial charge in [0.25, 0.3) is 0 Å². The van der Waals surface area contributed by atoms with Crippen LogP contribution in [0.25, 0.3) is 0 Å². The Labute approximate surface area is 91.3 Å². The van der Waals surface area contributed by atoms with Crippen LogP contribution in [-0.4, -0.2) is 19.5 Å². The van der Waals surface area contributed by atoms with Gasteiger partial charge in [0.1, 0.15) is 0 Å². The molecular formula is C13H18O2. The quantitative estimate of drug-likeness (QED) is 0.506. The van der Waals surface area contributed by atoms with Crippen LogP contribution in [0.3, 0.4) is 0 Å². The number of ether oxygens (including phenoxy) is 1. The maximum absolute atomic E-state index is 11.6. The van der Waals surface area contributed by atoms with Crippen molar-refractivity contribution in [2.45, 2.75) is 25.7 Å². The van der Waals surface area contributed by atoms with E-state index in [1.807, 2.05) is 30.3 Å². The molecule has 0 saturated carbocycles. The van der Waals surface area contributed by atoms with E-state index in [0.29, 0.717) is 6.42 Å². The molecule has 0 saturated heterocycles. The molecule has 2 heteroatoms. The number of hydrogen-bond donors (Lipinski definition) is 0. The molecular weight excluding hydrogens is 188 g/mol. The minimum absolute atomic E-state index is 0.244. The maximum atomic E-state index is 11.6. The van der Waals surface area contributed by atoms with Crippen LogP contribution >= 0.6 is 0 Å². The molecule has 0 atom stereocenters. The predicted molar refractivity (Wildman–Crippen MR) is 61.1 cm³/mol. The van der Waals surface area contributed by atoms with E-state index < -0.39 is 0 Å². The molecule has 0 spiro atoms. The van der Waals surface area contributed by atoms with Crippen molar-refractivity contribution in [2.75, 3.05) is 13.7 Å². The van der Waals surface area contributed by atoms with Gasteiger partial charge in [-0.3, -0.25) is 4.79 Å². The molecule has 15 heavy (non-hydrogen) atoms. The van der Waals surface area contributed by atoms with Crippen molar-refractivity contribution in [3.8, 4) is 0 Å². The number of benzene rings is 1. The Bertz CT molecular complexity index is 280. The second-order valence-electron chi connectivity index (χ2n) is 3.59. The number of carbonyl (C=O) groups is 1. The highest BCUT2D eigenvalue weighted by atomic mass is 16.5. The van der Waals surface area contributed by atoms with Gasteiger partial charge in [-0.05, 0) is 12.8 Å². The van der Waals surface area contributed by atoms with Gasteiger partial charge >= 0.3 is 0 Å². The molecule has 1 aromatic carbocycles. The molecule has 1 rings (SSSR count). The van der Waals surface area contributed by atoms with E-state index in [4.69, 9.17) is 4.74 Å². The third kappa shape index (κ3) is 4.75. The molecule has 0 fully saturated rings. The third-order valence-corrected chi connectivity index (χ3v) is 2.35. The van der Waals surface area contributed by atoms with Gasteiger partial charge < -0.3 is 4.74 Å². The first-order valence-electron chi connectivity index (χ1n) is 5.42. The first kappa shape index (κ1) is 11.9. The van der Waals surface area contributed by atoms with E-state index >= 15 is 0 Å². The van der Waals surface area contributed by atoms with Gasteiger partial charge in [-0.15, -0.1) is 0 Å². The number of rotatable bonds is 7. The summed E-state index contributed by atoms with van der Waals surface area (Å²) >= 11 is 0. The Balaban J connectivity index is 2.20. The van der Waals surface area contributed by atoms with Crippen molar-refractivity contribution >= 4 is 5.78 Å². The molecule has 0 aliphatic rings. The van der Waals surface area contributed by atoms with Gasteiger partial charge in [0.15, 0.2) is 5.78 Å². The van der Waals surface area contributed by atoms with Crippen LogP contribution in [-0.2, 0) is 4.74 Å². The van der Waals surface area contributed by atoms with Crippen LogP contribution in [0.5, 0.6) is 0 Å². The fourth-order valence-electron chi connectivity index (χ4n) is 1.48. The van der Waals surface area contributed by atoms with Gasteiger partial charge in [-0.1, -0.05) is 36.8 Å². The SMILES string of the molecule is COCCCCCC(=O)c1ccccc1. The van der Waals surface area contributed by atoms with Crippen LogP contribution in [0.4, 0.5) is 0 Å². The highest BCUT2D eigenvalue weighted by Gasteiger charge is 2.03. The number of carbonyl (C=O) groups excluding carboxylic acids is 1. The summed E-state index contributed by atoms with van der Waals surface area (Å²) < 4.78 is 4.95. The van der Waals surface area contributed by atoms with Crippen molar-refractivity contribution in [1.82, 2.24) is 0 Å². The largest absolute Gasteiger partial charge is 0.385 e. The lowest BCUT2D eigenvalue weighted by atomic mass is 10.1. The summed E-state index contributed by atoms with van der Waals surface area (Å²) in [6, 6.07) is 9.47. The second kappa shape index (κ2) is 7.18. The van der Waals surface area contributed by atoms with Crippen molar-refractivity contribution in [2.24, 2.45) is 0 Å². The van der Waals surface area contributed by atoms with Gasteiger partial charge in [-0.25, -0.2) is 0 Å². The van der Waals surface area contributed by atoms with Gasteiger partial charge in [0.05, 0.1) is 0 Å². The lowest BCUT2D eigenvalue weighted by Crippen LogP contribution is -1.98. The first-order valence-corrected chi connectivity index (χ1v) is 5.42. The van der Waals surface area contributed by atoms with Crippen molar-refractivity contribution in [3.05, 3.63) is 35.9 Å². The normalized spacial score (nSPS) is 10.2. The van der Waals surface area contributed by atoms with Crippen molar-refractivity contribution in [1.29, 1.82) is 0 Å². The van der Waals surface area contributed by atoms with Crippen LogP contribution < -0.4 is 0 Å². The molecule has 82 valence electrons. The number of hydrogen-bond acceptors (Lipinski definition) is 2. The minimum atomic E-state index is 0.244. The molecule has 0 heterocycles. The third-order valence-electron chi connectivity index (χ3n) is 2.35. The van der Waals surface area contributed by atoms with E-state index in [1.165, 1.54) is 0 Å². The molecule has 1 aromatic rings. The minimum Gasteiger partial charge on any atom is -0.385 e. The average Bonchev–Trinajstić information content (AvgIpc) is 2.30. The first-order chi connectivity index (χ1) is 7.34. The summed E-state index contributed by atoms with van der Waals surface area (Å²) in [7, 11) is 1.70. The molecule has 0 bridgehead atoms. The average molecular weight is 206 g/mol. The fourth-order valence-corrected chi connectivity index (χ4v) is 1.48. The zero-order valence-corrected chi connectivity index (χ0v) is 9.24. The molecule has 0 N–H and O–H groups in total. The zero-order valence-electron chi connectivity index (χ0n) is 9.24. The molecule has 0 aliphatic heterocycles. The van der Waals surface area contributed by atoms with E-state index in [1.54, 1.807) is 7.11 Å². The Morgan fingerprint density at radius 3 is 2.53 bits per heavy atom. The summed E-state index contributed by atoms with van der Waals surface area (Å²) in [4.78, 5) is 11.6. The fraction of sp³-hybridized carbons (Fsp3) is 0.462. The summed E-state index contributed by atoms with van der Waals surface area (Å²) in [6.07, 6.45) is 3.70. The van der Waals surface area contributed by atoms with Crippen molar-refractivity contribution in [3.63, 3.8) is 0 Å². The van der Waals surface area contributed by atoms with E-state index in [2.05, 4.69) is 0 Å². The molecule has 0 radical (unpaired) electrons. The standard InChI is InChI=1S/C13H18O2/c1-15-11-7-3-6-10-13(14)12-8-4-2-5-9-12/h2,4-5,8-9H,3,6-7,10-11H2,1H3. The van der Waals surface area contributed by atoms with Gasteiger partial charge in [-0.2, -0.15) is 0 Å². The second-order valence-corrected chi connectivity index (χ2v) is 3.59. The maximum Gasteiger partial charge on any atom is 0.162 e. The molecule has 0 aliphatic carbocycles. The Hall–Kier alpha value is -1.15. The summed E-state index contributed by atoms with van der Waals surface area (Å²) in [6.45, 7) is 0.791. The number of Topliss-reactive ketones (excluding diaryl/α,β-unsaturated/α-hetero) is 1.